The number of rotatable bonds is 3. The molecule has 2 atom stereocenters. The molecule has 0 bridgehead atoms. The highest BCUT2D eigenvalue weighted by Crippen LogP contribution is 2.36. The molecule has 0 aromatic carbocycles. The van der Waals surface area contributed by atoms with Crippen molar-refractivity contribution in [3.8, 4) is 0 Å². The predicted octanol–water partition coefficient (Wildman–Crippen LogP) is 4.22. The molecule has 0 saturated heterocycles. The molecular weight excluding hydrogens is 298 g/mol. The van der Waals surface area contributed by atoms with E-state index >= 15 is 0 Å². The Morgan fingerprint density at radius 2 is 2.12 bits per heavy atom. The summed E-state index contributed by atoms with van der Waals surface area (Å²) in [6.45, 7) is 7.00. The zero-order valence-electron chi connectivity index (χ0n) is 15.1. The lowest BCUT2D eigenvalue weighted by Gasteiger charge is -2.29. The van der Waals surface area contributed by atoms with Gasteiger partial charge in [0, 0.05) is 23.8 Å². The van der Waals surface area contributed by atoms with Gasteiger partial charge in [-0.25, -0.2) is 4.98 Å². The number of hydrogen-bond acceptors (Lipinski definition) is 2. The third-order valence-corrected chi connectivity index (χ3v) is 5.45. The molecule has 1 fully saturated rings. The summed E-state index contributed by atoms with van der Waals surface area (Å²) in [4.78, 5) is 19.9. The van der Waals surface area contributed by atoms with E-state index in [-0.39, 0.29) is 5.91 Å². The Labute approximate surface area is 144 Å². The van der Waals surface area contributed by atoms with Crippen molar-refractivity contribution in [3.05, 3.63) is 30.1 Å². The number of amides is 1. The summed E-state index contributed by atoms with van der Waals surface area (Å²) in [7, 11) is 0. The lowest BCUT2D eigenvalue weighted by Crippen LogP contribution is -2.35. The van der Waals surface area contributed by atoms with Crippen LogP contribution in [0.2, 0.25) is 0 Å². The number of carbonyl (C=O) groups excluding carboxylic acids is 1. The molecule has 0 radical (unpaired) electrons. The second-order valence-corrected chi connectivity index (χ2v) is 8.23. The molecule has 1 aliphatic carbocycles. The van der Waals surface area contributed by atoms with E-state index in [1.165, 1.54) is 19.3 Å². The number of nitrogens with one attached hydrogen (secondary N) is 2. The van der Waals surface area contributed by atoms with Crippen molar-refractivity contribution in [2.75, 3.05) is 0 Å². The molecule has 2 aromatic rings. The minimum absolute atomic E-state index is 0.124. The van der Waals surface area contributed by atoms with Crippen molar-refractivity contribution in [2.24, 2.45) is 11.3 Å². The van der Waals surface area contributed by atoms with Gasteiger partial charge in [-0.3, -0.25) is 4.79 Å². The molecule has 4 heteroatoms. The minimum Gasteiger partial charge on any atom is -0.353 e. The molecule has 0 aliphatic heterocycles. The average molecular weight is 327 g/mol. The number of fused-ring (bicyclic) bond motifs is 1. The molecule has 1 aliphatic rings. The van der Waals surface area contributed by atoms with Crippen LogP contribution in [0.5, 0.6) is 0 Å². The van der Waals surface area contributed by atoms with Gasteiger partial charge in [0.15, 0.2) is 0 Å². The first-order valence-electron chi connectivity index (χ1n) is 9.14. The van der Waals surface area contributed by atoms with Crippen LogP contribution in [0.4, 0.5) is 0 Å². The highest BCUT2D eigenvalue weighted by molar-refractivity contribution is 5.87. The van der Waals surface area contributed by atoms with Gasteiger partial charge >= 0.3 is 0 Å². The van der Waals surface area contributed by atoms with Gasteiger partial charge in [-0.2, -0.15) is 0 Å². The zero-order chi connectivity index (χ0) is 17.2. The third-order valence-electron chi connectivity index (χ3n) is 5.45. The summed E-state index contributed by atoms with van der Waals surface area (Å²) >= 11 is 0. The van der Waals surface area contributed by atoms with Gasteiger partial charge in [0.05, 0.1) is 6.42 Å². The van der Waals surface area contributed by atoms with Crippen LogP contribution in [-0.2, 0) is 11.2 Å². The minimum atomic E-state index is 0.124. The largest absolute Gasteiger partial charge is 0.353 e. The van der Waals surface area contributed by atoms with Crippen molar-refractivity contribution in [1.82, 2.24) is 15.3 Å². The van der Waals surface area contributed by atoms with Crippen LogP contribution in [0.15, 0.2) is 24.5 Å². The van der Waals surface area contributed by atoms with Crippen LogP contribution in [-0.4, -0.2) is 21.9 Å². The van der Waals surface area contributed by atoms with Gasteiger partial charge < -0.3 is 10.3 Å². The summed E-state index contributed by atoms with van der Waals surface area (Å²) in [6.07, 6.45) is 10.0. The Morgan fingerprint density at radius 1 is 1.29 bits per heavy atom. The van der Waals surface area contributed by atoms with Gasteiger partial charge in [-0.05, 0) is 54.7 Å². The maximum atomic E-state index is 12.5. The number of aromatic amines is 1. The standard InChI is InChI=1S/C20H29N3O/c1-20(2,3)15-6-4-7-16(10-9-15)23-18(24)12-14-13-22-19-17(14)8-5-11-21-19/h5,8,11,13,15-16H,4,6-7,9-10,12H2,1-3H3,(H,21,22)(H,23,24)/t15-,16+/m1/s1. The third kappa shape index (κ3) is 3.97. The Bertz CT molecular complexity index is 698. The maximum Gasteiger partial charge on any atom is 0.224 e. The predicted molar refractivity (Wildman–Crippen MR) is 97.8 cm³/mol. The zero-order valence-corrected chi connectivity index (χ0v) is 15.1. The van der Waals surface area contributed by atoms with E-state index in [0.29, 0.717) is 17.9 Å². The molecule has 1 saturated carbocycles. The number of aromatic nitrogens is 2. The first-order valence-corrected chi connectivity index (χ1v) is 9.14. The van der Waals surface area contributed by atoms with Gasteiger partial charge in [0.1, 0.15) is 5.65 Å². The molecular formula is C20H29N3O. The Balaban J connectivity index is 1.57. The Kier molecular flexibility index (Phi) is 4.93. The van der Waals surface area contributed by atoms with Crippen molar-refractivity contribution in [1.29, 1.82) is 0 Å². The van der Waals surface area contributed by atoms with Gasteiger partial charge in [-0.15, -0.1) is 0 Å². The molecule has 2 N–H and O–H groups in total. The van der Waals surface area contributed by atoms with Crippen molar-refractivity contribution in [2.45, 2.75) is 65.3 Å². The number of carbonyl (C=O) groups is 1. The monoisotopic (exact) mass is 327 g/mol. The van der Waals surface area contributed by atoms with Gasteiger partial charge in [-0.1, -0.05) is 27.2 Å². The van der Waals surface area contributed by atoms with Crippen LogP contribution < -0.4 is 5.32 Å². The topological polar surface area (TPSA) is 57.8 Å². The SMILES string of the molecule is CC(C)(C)[C@@H]1CCC[C@H](NC(=O)Cc2c[nH]c3ncccc23)CC1. The average Bonchev–Trinajstić information content (AvgIpc) is 2.76. The molecule has 4 nitrogen and oxygen atoms in total. The van der Waals surface area contributed by atoms with E-state index in [0.717, 1.165) is 35.4 Å². The molecule has 2 heterocycles. The van der Waals surface area contributed by atoms with E-state index in [2.05, 4.69) is 36.1 Å². The summed E-state index contributed by atoms with van der Waals surface area (Å²) in [5, 5.41) is 4.30. The normalized spacial score (nSPS) is 22.3. The molecule has 2 aromatic heterocycles. The smallest absolute Gasteiger partial charge is 0.224 e. The van der Waals surface area contributed by atoms with Crippen molar-refractivity contribution in [3.63, 3.8) is 0 Å². The number of nitrogens with zero attached hydrogens (tertiary/aromatic N) is 1. The fourth-order valence-corrected chi connectivity index (χ4v) is 3.92. The first-order chi connectivity index (χ1) is 11.4. The summed E-state index contributed by atoms with van der Waals surface area (Å²) in [5.41, 5.74) is 2.25. The quantitative estimate of drug-likeness (QED) is 0.829. The number of hydrogen-bond donors (Lipinski definition) is 2. The van der Waals surface area contributed by atoms with Crippen LogP contribution in [0.3, 0.4) is 0 Å². The molecule has 130 valence electrons. The number of H-pyrrole nitrogens is 1. The first kappa shape index (κ1) is 17.0. The lowest BCUT2D eigenvalue weighted by atomic mass is 9.76. The van der Waals surface area contributed by atoms with Crippen LogP contribution >= 0.6 is 0 Å². The number of pyridine rings is 1. The summed E-state index contributed by atoms with van der Waals surface area (Å²) in [5.74, 6) is 0.887. The van der Waals surface area contributed by atoms with E-state index in [4.69, 9.17) is 0 Å². The fourth-order valence-electron chi connectivity index (χ4n) is 3.92. The van der Waals surface area contributed by atoms with E-state index < -0.39 is 0 Å². The lowest BCUT2D eigenvalue weighted by molar-refractivity contribution is -0.121. The fraction of sp³-hybridized carbons (Fsp3) is 0.600. The van der Waals surface area contributed by atoms with Crippen molar-refractivity contribution < 1.29 is 4.79 Å². The summed E-state index contributed by atoms with van der Waals surface area (Å²) in [6, 6.07) is 4.25. The van der Waals surface area contributed by atoms with Crippen LogP contribution in [0.1, 0.15) is 58.4 Å². The van der Waals surface area contributed by atoms with Gasteiger partial charge in [0.25, 0.3) is 0 Å². The second kappa shape index (κ2) is 6.96. The molecule has 24 heavy (non-hydrogen) atoms. The maximum absolute atomic E-state index is 12.5. The van der Waals surface area contributed by atoms with Crippen LogP contribution in [0, 0.1) is 11.3 Å². The summed E-state index contributed by atoms with van der Waals surface area (Å²) < 4.78 is 0. The van der Waals surface area contributed by atoms with Crippen LogP contribution in [0.25, 0.3) is 11.0 Å². The highest BCUT2D eigenvalue weighted by Gasteiger charge is 2.28. The molecule has 0 unspecified atom stereocenters. The molecule has 0 spiro atoms. The molecule has 3 rings (SSSR count). The second-order valence-electron chi connectivity index (χ2n) is 8.23. The molecule has 1 amide bonds. The van der Waals surface area contributed by atoms with E-state index in [1.54, 1.807) is 6.20 Å². The Hall–Kier alpha value is -1.84. The van der Waals surface area contributed by atoms with E-state index in [1.807, 2.05) is 18.3 Å². The van der Waals surface area contributed by atoms with E-state index in [9.17, 15) is 4.79 Å². The van der Waals surface area contributed by atoms with Crippen molar-refractivity contribution >= 4 is 16.9 Å². The van der Waals surface area contributed by atoms with Gasteiger partial charge in [0.2, 0.25) is 5.91 Å². The Morgan fingerprint density at radius 3 is 2.92 bits per heavy atom. The highest BCUT2D eigenvalue weighted by atomic mass is 16.1.